The zero-order chi connectivity index (χ0) is 11.7. The van der Waals surface area contributed by atoms with Crippen LogP contribution in [-0.2, 0) is 4.74 Å². The Labute approximate surface area is 105 Å². The van der Waals surface area contributed by atoms with Gasteiger partial charge in [-0.15, -0.1) is 0 Å². The van der Waals surface area contributed by atoms with Gasteiger partial charge in [0.25, 0.3) is 0 Å². The summed E-state index contributed by atoms with van der Waals surface area (Å²) in [6.45, 7) is 5.23. The number of hydrogen-bond donors (Lipinski definition) is 2. The summed E-state index contributed by atoms with van der Waals surface area (Å²) in [4.78, 5) is 0. The van der Waals surface area contributed by atoms with Crippen molar-refractivity contribution in [3.05, 3.63) is 0 Å². The van der Waals surface area contributed by atoms with Crippen LogP contribution in [0.1, 0.15) is 19.3 Å². The van der Waals surface area contributed by atoms with E-state index in [1.54, 1.807) is 26.4 Å². The molecule has 0 aromatic carbocycles. The van der Waals surface area contributed by atoms with Gasteiger partial charge in [0.05, 0.1) is 6.61 Å². The van der Waals surface area contributed by atoms with Gasteiger partial charge in [-0.3, -0.25) is 0 Å². The fourth-order valence-electron chi connectivity index (χ4n) is 4.52. The van der Waals surface area contributed by atoms with Crippen LogP contribution in [0.2, 0.25) is 0 Å². The third-order valence-corrected chi connectivity index (χ3v) is 5.24. The molecule has 2 N–H and O–H groups in total. The molecule has 0 radical (unpaired) electrons. The molecule has 4 unspecified atom stereocenters. The van der Waals surface area contributed by atoms with Gasteiger partial charge >= 0.3 is 0 Å². The van der Waals surface area contributed by atoms with Gasteiger partial charge in [0, 0.05) is 26.7 Å². The van der Waals surface area contributed by atoms with E-state index in [-0.39, 0.29) is 0 Å². The quantitative estimate of drug-likeness (QED) is 0.621. The maximum Gasteiger partial charge on any atom is 0.0587 e. The topological polar surface area (TPSA) is 33.3 Å². The Morgan fingerprint density at radius 3 is 2.41 bits per heavy atom. The van der Waals surface area contributed by atoms with Crippen molar-refractivity contribution < 1.29 is 4.74 Å². The van der Waals surface area contributed by atoms with Crippen LogP contribution in [0.15, 0.2) is 0 Å². The highest BCUT2D eigenvalue weighted by molar-refractivity contribution is 5.13. The van der Waals surface area contributed by atoms with Crippen LogP contribution in [0.4, 0.5) is 0 Å². The van der Waals surface area contributed by atoms with Gasteiger partial charge in [-0.25, -0.2) is 0 Å². The SMILES string of the molecule is COCCNCCNCC1C2C3CCC(C3)C12. The summed E-state index contributed by atoms with van der Waals surface area (Å²) in [6.07, 6.45) is 4.66. The van der Waals surface area contributed by atoms with E-state index < -0.39 is 0 Å². The first-order valence-electron chi connectivity index (χ1n) is 7.32. The molecule has 0 aliphatic heterocycles. The third kappa shape index (κ3) is 2.38. The summed E-state index contributed by atoms with van der Waals surface area (Å²) in [5.74, 6) is 5.54. The van der Waals surface area contributed by atoms with Gasteiger partial charge in [0.15, 0.2) is 0 Å². The lowest BCUT2D eigenvalue weighted by molar-refractivity contribution is 0.199. The molecule has 0 aromatic rings. The average molecular weight is 238 g/mol. The second kappa shape index (κ2) is 5.25. The van der Waals surface area contributed by atoms with Crippen LogP contribution in [0.3, 0.4) is 0 Å². The van der Waals surface area contributed by atoms with Gasteiger partial charge < -0.3 is 15.4 Å². The highest BCUT2D eigenvalue weighted by atomic mass is 16.5. The van der Waals surface area contributed by atoms with Crippen molar-refractivity contribution in [1.29, 1.82) is 0 Å². The molecule has 3 fully saturated rings. The van der Waals surface area contributed by atoms with Crippen molar-refractivity contribution in [3.63, 3.8) is 0 Å². The van der Waals surface area contributed by atoms with E-state index in [2.05, 4.69) is 10.6 Å². The lowest BCUT2D eigenvalue weighted by Crippen LogP contribution is -2.31. The molecule has 2 bridgehead atoms. The summed E-state index contributed by atoms with van der Waals surface area (Å²) in [6, 6.07) is 0. The van der Waals surface area contributed by atoms with Crippen LogP contribution in [-0.4, -0.2) is 39.9 Å². The molecule has 3 saturated carbocycles. The highest BCUT2D eigenvalue weighted by Crippen LogP contribution is 2.69. The molecule has 98 valence electrons. The Morgan fingerprint density at radius 2 is 1.71 bits per heavy atom. The molecule has 0 aromatic heterocycles. The minimum atomic E-state index is 0.816. The van der Waals surface area contributed by atoms with E-state index in [0.29, 0.717) is 0 Å². The predicted molar refractivity (Wildman–Crippen MR) is 68.9 cm³/mol. The molecule has 17 heavy (non-hydrogen) atoms. The number of hydrogen-bond acceptors (Lipinski definition) is 3. The largest absolute Gasteiger partial charge is 0.383 e. The van der Waals surface area contributed by atoms with E-state index in [1.165, 1.54) is 6.54 Å². The van der Waals surface area contributed by atoms with Crippen molar-refractivity contribution in [2.24, 2.45) is 29.6 Å². The Balaban J connectivity index is 1.23. The van der Waals surface area contributed by atoms with E-state index in [9.17, 15) is 0 Å². The molecular formula is C14H26N2O. The molecule has 3 rings (SSSR count). The summed E-state index contributed by atoms with van der Waals surface area (Å²) < 4.78 is 4.99. The van der Waals surface area contributed by atoms with Crippen LogP contribution < -0.4 is 10.6 Å². The molecular weight excluding hydrogens is 212 g/mol. The van der Waals surface area contributed by atoms with E-state index in [4.69, 9.17) is 4.74 Å². The molecule has 3 heteroatoms. The number of methoxy groups -OCH3 is 1. The van der Waals surface area contributed by atoms with Gasteiger partial charge in [-0.1, -0.05) is 0 Å². The molecule has 0 heterocycles. The normalized spacial score (nSPS) is 41.8. The van der Waals surface area contributed by atoms with Crippen LogP contribution in [0.5, 0.6) is 0 Å². The van der Waals surface area contributed by atoms with E-state index in [0.717, 1.165) is 55.8 Å². The van der Waals surface area contributed by atoms with Crippen LogP contribution in [0.25, 0.3) is 0 Å². The van der Waals surface area contributed by atoms with Crippen LogP contribution >= 0.6 is 0 Å². The Bertz CT molecular complexity index is 243. The maximum absolute atomic E-state index is 4.99. The number of rotatable bonds is 8. The molecule has 3 aliphatic carbocycles. The molecule has 0 spiro atoms. The minimum absolute atomic E-state index is 0.816. The lowest BCUT2D eigenvalue weighted by atomic mass is 10.0. The zero-order valence-corrected chi connectivity index (χ0v) is 11.0. The first kappa shape index (κ1) is 11.9. The van der Waals surface area contributed by atoms with Crippen molar-refractivity contribution >= 4 is 0 Å². The van der Waals surface area contributed by atoms with Crippen LogP contribution in [0, 0.1) is 29.6 Å². The van der Waals surface area contributed by atoms with Crippen molar-refractivity contribution in [3.8, 4) is 0 Å². The van der Waals surface area contributed by atoms with Crippen molar-refractivity contribution in [2.75, 3.05) is 39.9 Å². The van der Waals surface area contributed by atoms with Gasteiger partial charge in [0.2, 0.25) is 0 Å². The summed E-state index contributed by atoms with van der Waals surface area (Å²) in [5, 5.41) is 6.99. The second-order valence-corrected chi connectivity index (χ2v) is 6.10. The van der Waals surface area contributed by atoms with E-state index >= 15 is 0 Å². The van der Waals surface area contributed by atoms with Gasteiger partial charge in [-0.2, -0.15) is 0 Å². The number of fused-ring (bicyclic) bond motifs is 5. The van der Waals surface area contributed by atoms with Crippen molar-refractivity contribution in [1.82, 2.24) is 10.6 Å². The number of ether oxygens (including phenoxy) is 1. The molecule has 4 atom stereocenters. The zero-order valence-electron chi connectivity index (χ0n) is 11.0. The molecule has 3 nitrogen and oxygen atoms in total. The van der Waals surface area contributed by atoms with Crippen molar-refractivity contribution in [2.45, 2.75) is 19.3 Å². The lowest BCUT2D eigenvalue weighted by Gasteiger charge is -2.10. The summed E-state index contributed by atoms with van der Waals surface area (Å²) >= 11 is 0. The van der Waals surface area contributed by atoms with E-state index in [1.807, 2.05) is 0 Å². The Kier molecular flexibility index (Phi) is 3.69. The average Bonchev–Trinajstić information content (AvgIpc) is 2.74. The maximum atomic E-state index is 4.99. The summed E-state index contributed by atoms with van der Waals surface area (Å²) in [7, 11) is 1.75. The fourth-order valence-corrected chi connectivity index (χ4v) is 4.52. The second-order valence-electron chi connectivity index (χ2n) is 6.10. The molecule has 0 saturated heterocycles. The first-order valence-corrected chi connectivity index (χ1v) is 7.32. The molecule has 0 amide bonds. The Hall–Kier alpha value is -0.120. The summed E-state index contributed by atoms with van der Waals surface area (Å²) in [5.41, 5.74) is 0. The predicted octanol–water partition coefficient (Wildman–Crippen LogP) is 1.10. The third-order valence-electron chi connectivity index (χ3n) is 5.24. The Morgan fingerprint density at radius 1 is 1.00 bits per heavy atom. The smallest absolute Gasteiger partial charge is 0.0587 e. The van der Waals surface area contributed by atoms with Gasteiger partial charge in [-0.05, 0) is 55.4 Å². The standard InChI is InChI=1S/C14H26N2O/c1-17-7-6-15-4-5-16-9-12-13-10-2-3-11(8-10)14(12)13/h10-16H,2-9H2,1H3. The number of nitrogens with one attached hydrogen (secondary N) is 2. The highest BCUT2D eigenvalue weighted by Gasteiger charge is 2.64. The fraction of sp³-hybridized carbons (Fsp3) is 1.00. The van der Waals surface area contributed by atoms with Gasteiger partial charge in [0.1, 0.15) is 0 Å². The molecule has 3 aliphatic rings. The minimum Gasteiger partial charge on any atom is -0.383 e. The first-order chi connectivity index (χ1) is 8.42. The monoisotopic (exact) mass is 238 g/mol.